The Kier molecular flexibility index (Phi) is 7.70. The van der Waals surface area contributed by atoms with E-state index in [0.717, 1.165) is 27.5 Å². The third-order valence-corrected chi connectivity index (χ3v) is 5.35. The summed E-state index contributed by atoms with van der Waals surface area (Å²) in [4.78, 5) is 13.2. The highest BCUT2D eigenvalue weighted by Gasteiger charge is 2.07. The summed E-state index contributed by atoms with van der Waals surface area (Å²) in [6.45, 7) is 2.01. The normalized spacial score (nSPS) is 10.2. The van der Waals surface area contributed by atoms with Gasteiger partial charge in [-0.1, -0.05) is 35.9 Å². The molecule has 0 unspecified atom stereocenters. The summed E-state index contributed by atoms with van der Waals surface area (Å²) >= 11 is 6.87. The van der Waals surface area contributed by atoms with Gasteiger partial charge < -0.3 is 20.7 Å². The van der Waals surface area contributed by atoms with Crippen LogP contribution in [0.4, 0.5) is 17.1 Å². The molecular formula is C23H23N3O2S2. The molecule has 0 spiro atoms. The second-order valence-corrected chi connectivity index (χ2v) is 7.97. The van der Waals surface area contributed by atoms with Crippen molar-refractivity contribution in [1.29, 1.82) is 0 Å². The highest BCUT2D eigenvalue weighted by atomic mass is 32.2. The number of hydrogen-bond acceptors (Lipinski definition) is 4. The van der Waals surface area contributed by atoms with Crippen molar-refractivity contribution < 1.29 is 9.53 Å². The maximum Gasteiger partial charge on any atom is 0.234 e. The van der Waals surface area contributed by atoms with Gasteiger partial charge >= 0.3 is 0 Å². The van der Waals surface area contributed by atoms with E-state index >= 15 is 0 Å². The lowest BCUT2D eigenvalue weighted by atomic mass is 10.2. The lowest BCUT2D eigenvalue weighted by Crippen LogP contribution is -2.19. The number of carbonyl (C=O) groups is 1. The molecule has 0 saturated carbocycles. The van der Waals surface area contributed by atoms with E-state index in [1.165, 1.54) is 11.8 Å². The molecule has 0 heterocycles. The zero-order valence-electron chi connectivity index (χ0n) is 16.8. The summed E-state index contributed by atoms with van der Waals surface area (Å²) in [6.07, 6.45) is 0. The van der Waals surface area contributed by atoms with Crippen LogP contribution in [-0.2, 0) is 4.79 Å². The van der Waals surface area contributed by atoms with Gasteiger partial charge in [-0.3, -0.25) is 4.79 Å². The molecule has 0 aliphatic heterocycles. The maximum atomic E-state index is 12.2. The third-order valence-electron chi connectivity index (χ3n) is 4.15. The minimum Gasteiger partial charge on any atom is -0.495 e. The molecule has 3 N–H and O–H groups in total. The van der Waals surface area contributed by atoms with Crippen LogP contribution in [0.2, 0.25) is 0 Å². The van der Waals surface area contributed by atoms with Gasteiger partial charge in [0.1, 0.15) is 5.75 Å². The van der Waals surface area contributed by atoms with Crippen molar-refractivity contribution in [1.82, 2.24) is 0 Å². The third kappa shape index (κ3) is 6.50. The van der Waals surface area contributed by atoms with E-state index in [4.69, 9.17) is 17.0 Å². The van der Waals surface area contributed by atoms with Gasteiger partial charge in [0.15, 0.2) is 5.11 Å². The Morgan fingerprint density at radius 2 is 1.70 bits per heavy atom. The van der Waals surface area contributed by atoms with Gasteiger partial charge in [-0.05, 0) is 61.6 Å². The van der Waals surface area contributed by atoms with E-state index in [2.05, 4.69) is 16.0 Å². The molecule has 1 amide bonds. The molecule has 3 aromatic rings. The Balaban J connectivity index is 1.53. The quantitative estimate of drug-likeness (QED) is 0.333. The number of rotatable bonds is 7. The number of carbonyl (C=O) groups excluding carboxylic acids is 1. The lowest BCUT2D eigenvalue weighted by molar-refractivity contribution is -0.113. The Bertz CT molecular complexity index is 1020. The zero-order valence-corrected chi connectivity index (χ0v) is 18.4. The average molecular weight is 438 g/mol. The second kappa shape index (κ2) is 10.7. The summed E-state index contributed by atoms with van der Waals surface area (Å²) in [7, 11) is 1.62. The molecule has 30 heavy (non-hydrogen) atoms. The standard InChI is InChI=1S/C23H23N3O2S2/c1-16-10-12-17(13-11-16)24-22(27)15-30-19-7-5-6-18(14-19)25-23(29)26-20-8-3-4-9-21(20)28-2/h3-14H,15H2,1-2H3,(H,24,27)(H2,25,26,29). The van der Waals surface area contributed by atoms with Gasteiger partial charge in [-0.2, -0.15) is 0 Å². The molecule has 0 atom stereocenters. The molecule has 0 saturated heterocycles. The van der Waals surface area contributed by atoms with Crippen LogP contribution in [0.15, 0.2) is 77.7 Å². The first kappa shape index (κ1) is 21.7. The Hall–Kier alpha value is -3.03. The van der Waals surface area contributed by atoms with E-state index in [9.17, 15) is 4.79 Å². The maximum absolute atomic E-state index is 12.2. The van der Waals surface area contributed by atoms with Crippen LogP contribution in [0, 0.1) is 6.92 Å². The van der Waals surface area contributed by atoms with Crippen LogP contribution in [0.1, 0.15) is 5.56 Å². The Morgan fingerprint density at radius 3 is 2.47 bits per heavy atom. The number of anilines is 3. The average Bonchev–Trinajstić information content (AvgIpc) is 2.74. The van der Waals surface area contributed by atoms with Gasteiger partial charge in [-0.25, -0.2) is 0 Å². The van der Waals surface area contributed by atoms with E-state index in [1.54, 1.807) is 7.11 Å². The topological polar surface area (TPSA) is 62.4 Å². The van der Waals surface area contributed by atoms with Crippen LogP contribution >= 0.6 is 24.0 Å². The first-order chi connectivity index (χ1) is 14.5. The number of thiocarbonyl (C=S) groups is 1. The summed E-state index contributed by atoms with van der Waals surface area (Å²) < 4.78 is 5.33. The van der Waals surface area contributed by atoms with E-state index < -0.39 is 0 Å². The number of nitrogens with one attached hydrogen (secondary N) is 3. The largest absolute Gasteiger partial charge is 0.495 e. The minimum absolute atomic E-state index is 0.0458. The number of hydrogen-bond donors (Lipinski definition) is 3. The van der Waals surface area contributed by atoms with Gasteiger partial charge in [0.2, 0.25) is 5.91 Å². The smallest absolute Gasteiger partial charge is 0.234 e. The number of para-hydroxylation sites is 2. The van der Waals surface area contributed by atoms with Crippen LogP contribution < -0.4 is 20.7 Å². The van der Waals surface area contributed by atoms with Crippen molar-refractivity contribution in [2.75, 3.05) is 28.8 Å². The van der Waals surface area contributed by atoms with Crippen LogP contribution in [0.3, 0.4) is 0 Å². The monoisotopic (exact) mass is 437 g/mol. The molecule has 0 fully saturated rings. The first-order valence-corrected chi connectivity index (χ1v) is 10.7. The van der Waals surface area contributed by atoms with Gasteiger partial charge in [0.25, 0.3) is 0 Å². The molecular weight excluding hydrogens is 414 g/mol. The van der Waals surface area contributed by atoms with Crippen LogP contribution in [-0.4, -0.2) is 23.9 Å². The molecule has 7 heteroatoms. The molecule has 0 aromatic heterocycles. The van der Waals surface area contributed by atoms with Crippen molar-refractivity contribution in [2.45, 2.75) is 11.8 Å². The molecule has 0 radical (unpaired) electrons. The lowest BCUT2D eigenvalue weighted by Gasteiger charge is -2.13. The summed E-state index contributed by atoms with van der Waals surface area (Å²) in [6, 6.07) is 23.1. The molecule has 154 valence electrons. The minimum atomic E-state index is -0.0458. The number of thioether (sulfide) groups is 1. The van der Waals surface area contributed by atoms with E-state index in [-0.39, 0.29) is 5.91 Å². The molecule has 0 bridgehead atoms. The number of ether oxygens (including phenoxy) is 1. The number of methoxy groups -OCH3 is 1. The Morgan fingerprint density at radius 1 is 0.933 bits per heavy atom. The molecule has 0 aliphatic carbocycles. The van der Waals surface area contributed by atoms with Crippen LogP contribution in [0.25, 0.3) is 0 Å². The number of aryl methyl sites for hydroxylation is 1. The van der Waals surface area contributed by atoms with E-state index in [1.807, 2.05) is 79.7 Å². The van der Waals surface area contributed by atoms with Crippen LogP contribution in [0.5, 0.6) is 5.75 Å². The van der Waals surface area contributed by atoms with Gasteiger partial charge in [0.05, 0.1) is 18.6 Å². The highest BCUT2D eigenvalue weighted by molar-refractivity contribution is 8.00. The molecule has 3 rings (SSSR count). The fourth-order valence-corrected chi connectivity index (χ4v) is 3.66. The first-order valence-electron chi connectivity index (χ1n) is 9.34. The van der Waals surface area contributed by atoms with Crippen molar-refractivity contribution in [3.63, 3.8) is 0 Å². The van der Waals surface area contributed by atoms with E-state index in [0.29, 0.717) is 16.6 Å². The highest BCUT2D eigenvalue weighted by Crippen LogP contribution is 2.25. The van der Waals surface area contributed by atoms with Gasteiger partial charge in [0, 0.05) is 16.3 Å². The van der Waals surface area contributed by atoms with Crippen molar-refractivity contribution >= 4 is 52.1 Å². The summed E-state index contributed by atoms with van der Waals surface area (Å²) in [5, 5.41) is 9.66. The fourth-order valence-electron chi connectivity index (χ4n) is 2.68. The van der Waals surface area contributed by atoms with Gasteiger partial charge in [-0.15, -0.1) is 11.8 Å². The summed E-state index contributed by atoms with van der Waals surface area (Å²) in [5.41, 5.74) is 3.58. The second-order valence-electron chi connectivity index (χ2n) is 6.51. The fraction of sp³-hybridized carbons (Fsp3) is 0.130. The number of benzene rings is 3. The van der Waals surface area contributed by atoms with Crippen molar-refractivity contribution in [3.8, 4) is 5.75 Å². The molecule has 5 nitrogen and oxygen atoms in total. The predicted octanol–water partition coefficient (Wildman–Crippen LogP) is 5.54. The molecule has 3 aromatic carbocycles. The SMILES string of the molecule is COc1ccccc1NC(=S)Nc1cccc(SCC(=O)Nc2ccc(C)cc2)c1. The molecule has 0 aliphatic rings. The Labute approximate surface area is 186 Å². The van der Waals surface area contributed by atoms with Crippen molar-refractivity contribution in [3.05, 3.63) is 78.4 Å². The summed E-state index contributed by atoms with van der Waals surface area (Å²) in [5.74, 6) is 0.988. The van der Waals surface area contributed by atoms with Crippen molar-refractivity contribution in [2.24, 2.45) is 0 Å². The zero-order chi connectivity index (χ0) is 21.3. The number of amides is 1. The predicted molar refractivity (Wildman–Crippen MR) is 130 cm³/mol.